The third-order valence-electron chi connectivity index (χ3n) is 5.30. The van der Waals surface area contributed by atoms with Gasteiger partial charge in [-0.2, -0.15) is 0 Å². The van der Waals surface area contributed by atoms with Crippen LogP contribution in [0.2, 0.25) is 0 Å². The molecule has 5 unspecified atom stereocenters. The van der Waals surface area contributed by atoms with Crippen LogP contribution in [0.5, 0.6) is 0 Å². The number of carboxylic acid groups (broad SMARTS) is 3. The molecule has 1 saturated carbocycles. The summed E-state index contributed by atoms with van der Waals surface area (Å²) >= 11 is 0. The fraction of sp³-hybridized carbons (Fsp3) is 0.857. The molecule has 0 amide bonds. The minimum atomic E-state index is -5.53. The zero-order valence-corrected chi connectivity index (χ0v) is 27.2. The highest BCUT2D eigenvalue weighted by molar-refractivity contribution is 7.48. The van der Waals surface area contributed by atoms with Gasteiger partial charge in [-0.1, -0.05) is 20.8 Å². The maximum absolute atomic E-state index is 12.9. The van der Waals surface area contributed by atoms with Crippen molar-refractivity contribution < 1.29 is 99.4 Å². The molecule has 0 saturated heterocycles. The van der Waals surface area contributed by atoms with Crippen molar-refractivity contribution in [3.63, 3.8) is 0 Å². The van der Waals surface area contributed by atoms with Crippen LogP contribution in [-0.4, -0.2) is 124 Å². The van der Waals surface area contributed by atoms with Crippen molar-refractivity contribution in [2.24, 2.45) is 0 Å². The van der Waals surface area contributed by atoms with Crippen LogP contribution in [0.4, 0.5) is 0 Å². The largest absolute Gasteiger partial charge is 0.480 e. The van der Waals surface area contributed by atoms with E-state index in [1.165, 1.54) is 0 Å². The Labute approximate surface area is 257 Å². The smallest absolute Gasteiger partial charge is 0.473 e. The van der Waals surface area contributed by atoms with E-state index < -0.39 is 97.8 Å². The molecule has 21 nitrogen and oxygen atoms in total. The standard InChI is InChI=1S/C21H39O21P3/c1-4-7-34-16-17(35-8-5-2)19(40-43(28,29)37-10-13(22)23)21(42-45(32,33)39-12-15(26)27)20(18(16)36-9-6-3)41-44(30,31)38-11-14(24)25/h16-21H,4-12H2,1-3H3,(H,22,23)(H,24,25)(H,26,27)(H,28,29)(H,30,31)(H,32,33)/t16?,17-,18+,19-,20-,21?/m0/s1. The molecular formula is C21H39O21P3. The fourth-order valence-electron chi connectivity index (χ4n) is 3.78. The maximum atomic E-state index is 12.9. The Bertz CT molecular complexity index is 1040. The molecule has 9 atom stereocenters. The molecule has 0 aromatic heterocycles. The fourth-order valence-corrected chi connectivity index (χ4v) is 6.42. The second kappa shape index (κ2) is 19.4. The van der Waals surface area contributed by atoms with Gasteiger partial charge in [-0.15, -0.1) is 0 Å². The molecule has 6 N–H and O–H groups in total. The number of hydrogen-bond acceptors (Lipinski definition) is 15. The van der Waals surface area contributed by atoms with Gasteiger partial charge in [0.2, 0.25) is 0 Å². The molecule has 24 heteroatoms. The predicted molar refractivity (Wildman–Crippen MR) is 145 cm³/mol. The van der Waals surface area contributed by atoms with Gasteiger partial charge in [-0.3, -0.25) is 27.1 Å². The number of hydrogen-bond donors (Lipinski definition) is 6. The number of rotatable bonds is 24. The van der Waals surface area contributed by atoms with Crippen LogP contribution in [0.1, 0.15) is 40.0 Å². The third kappa shape index (κ3) is 15.4. The quantitative estimate of drug-likeness (QED) is 0.0762. The summed E-state index contributed by atoms with van der Waals surface area (Å²) in [6.45, 7) is 0.633. The molecule has 1 aliphatic carbocycles. The van der Waals surface area contributed by atoms with E-state index in [0.717, 1.165) is 0 Å². The van der Waals surface area contributed by atoms with Gasteiger partial charge in [-0.25, -0.2) is 28.1 Å². The van der Waals surface area contributed by atoms with Gasteiger partial charge in [0.25, 0.3) is 0 Å². The van der Waals surface area contributed by atoms with Crippen LogP contribution >= 0.6 is 23.5 Å². The Balaban J connectivity index is 3.92. The summed E-state index contributed by atoms with van der Waals surface area (Å²) in [6.07, 6.45) is -10.4. The number of aliphatic carboxylic acids is 3. The van der Waals surface area contributed by atoms with Crippen LogP contribution in [0.15, 0.2) is 0 Å². The van der Waals surface area contributed by atoms with Crippen LogP contribution < -0.4 is 0 Å². The van der Waals surface area contributed by atoms with Crippen LogP contribution in [-0.2, 0) is 69.4 Å². The highest BCUT2D eigenvalue weighted by Gasteiger charge is 2.60. The van der Waals surface area contributed by atoms with Crippen molar-refractivity contribution in [3.8, 4) is 0 Å². The van der Waals surface area contributed by atoms with E-state index in [9.17, 15) is 42.8 Å². The Morgan fingerprint density at radius 1 is 0.489 bits per heavy atom. The van der Waals surface area contributed by atoms with Gasteiger partial charge in [0.05, 0.1) is 0 Å². The summed E-state index contributed by atoms with van der Waals surface area (Å²) in [6, 6.07) is 0. The number of phosphoric acid groups is 3. The van der Waals surface area contributed by atoms with Crippen molar-refractivity contribution >= 4 is 41.4 Å². The third-order valence-corrected chi connectivity index (χ3v) is 8.20. The van der Waals surface area contributed by atoms with Crippen LogP contribution in [0.25, 0.3) is 0 Å². The van der Waals surface area contributed by atoms with Crippen molar-refractivity contribution in [1.82, 2.24) is 0 Å². The number of carboxylic acids is 3. The zero-order chi connectivity index (χ0) is 34.4. The van der Waals surface area contributed by atoms with Crippen LogP contribution in [0, 0.1) is 0 Å². The van der Waals surface area contributed by atoms with Crippen molar-refractivity contribution in [2.75, 3.05) is 39.6 Å². The van der Waals surface area contributed by atoms with E-state index >= 15 is 0 Å². The lowest BCUT2D eigenvalue weighted by Crippen LogP contribution is -2.67. The van der Waals surface area contributed by atoms with Crippen molar-refractivity contribution in [3.05, 3.63) is 0 Å². The van der Waals surface area contributed by atoms with E-state index in [1.807, 2.05) is 0 Å². The molecule has 1 rings (SSSR count). The van der Waals surface area contributed by atoms with Gasteiger partial charge < -0.3 is 44.2 Å². The summed E-state index contributed by atoms with van der Waals surface area (Å²) in [7, 11) is -16.4. The summed E-state index contributed by atoms with van der Waals surface area (Å²) in [5.74, 6) is -5.11. The zero-order valence-electron chi connectivity index (χ0n) is 24.5. The van der Waals surface area contributed by atoms with Crippen molar-refractivity contribution in [2.45, 2.75) is 76.7 Å². The Morgan fingerprint density at radius 3 is 0.933 bits per heavy atom. The van der Waals surface area contributed by atoms with E-state index in [2.05, 4.69) is 13.6 Å². The summed E-state index contributed by atoms with van der Waals surface area (Å²) < 4.78 is 84.9. The number of phosphoric ester groups is 3. The lowest BCUT2D eigenvalue weighted by atomic mass is 9.84. The molecule has 0 bridgehead atoms. The molecule has 0 heterocycles. The topological polar surface area (TPSA) is 307 Å². The van der Waals surface area contributed by atoms with E-state index in [4.69, 9.17) is 43.1 Å². The van der Waals surface area contributed by atoms with Gasteiger partial charge in [-0.05, 0) is 19.3 Å². The second-order valence-corrected chi connectivity index (χ2v) is 13.3. The Kier molecular flexibility index (Phi) is 18.0. The number of carbonyl (C=O) groups is 3. The minimum Gasteiger partial charge on any atom is -0.480 e. The van der Waals surface area contributed by atoms with Gasteiger partial charge in [0.1, 0.15) is 36.6 Å². The van der Waals surface area contributed by atoms with E-state index in [0.29, 0.717) is 19.3 Å². The normalized spacial score (nSPS) is 27.6. The molecule has 0 aliphatic heterocycles. The highest BCUT2D eigenvalue weighted by Crippen LogP contribution is 2.55. The second-order valence-electron chi connectivity index (χ2n) is 9.12. The maximum Gasteiger partial charge on any atom is 0.473 e. The summed E-state index contributed by atoms with van der Waals surface area (Å²) in [5, 5.41) is 26.7. The molecule has 0 aromatic rings. The van der Waals surface area contributed by atoms with Crippen molar-refractivity contribution in [1.29, 1.82) is 0 Å². The van der Waals surface area contributed by atoms with Gasteiger partial charge in [0, 0.05) is 19.8 Å². The first-order valence-corrected chi connectivity index (χ1v) is 17.8. The SMILES string of the molecule is CCCOC1[C@@H](OCCC)[C@H](OP(=O)(O)OCC(=O)O)C(OP(=O)(O)OCC(=O)O)[C@@H](OP(=O)(O)OCC(=O)O)[C@H]1OCCC. The summed E-state index contributed by atoms with van der Waals surface area (Å²) in [4.78, 5) is 64.1. The number of ether oxygens (including phenoxy) is 3. The molecule has 1 fully saturated rings. The lowest BCUT2D eigenvalue weighted by molar-refractivity contribution is -0.248. The Morgan fingerprint density at radius 2 is 0.711 bits per heavy atom. The van der Waals surface area contributed by atoms with E-state index in [-0.39, 0.29) is 19.8 Å². The molecule has 0 spiro atoms. The lowest BCUT2D eigenvalue weighted by Gasteiger charge is -2.49. The van der Waals surface area contributed by atoms with Crippen LogP contribution in [0.3, 0.4) is 0 Å². The minimum absolute atomic E-state index is 0.0492. The molecular weight excluding hydrogens is 681 g/mol. The Hall–Kier alpha value is -1.38. The predicted octanol–water partition coefficient (Wildman–Crippen LogP) is 1.15. The molecule has 264 valence electrons. The molecule has 1 aliphatic rings. The average molecular weight is 720 g/mol. The molecule has 0 aromatic carbocycles. The van der Waals surface area contributed by atoms with E-state index in [1.54, 1.807) is 20.8 Å². The van der Waals surface area contributed by atoms with Gasteiger partial charge >= 0.3 is 41.4 Å². The summed E-state index contributed by atoms with van der Waals surface area (Å²) in [5.41, 5.74) is 0. The highest BCUT2D eigenvalue weighted by atomic mass is 31.2. The molecule has 45 heavy (non-hydrogen) atoms. The first-order chi connectivity index (χ1) is 20.9. The first-order valence-electron chi connectivity index (χ1n) is 13.4. The average Bonchev–Trinajstić information content (AvgIpc) is 2.93. The van der Waals surface area contributed by atoms with Gasteiger partial charge in [0.15, 0.2) is 19.8 Å². The molecule has 0 radical (unpaired) electrons. The monoisotopic (exact) mass is 720 g/mol. The first kappa shape index (κ1) is 41.6.